The van der Waals surface area contributed by atoms with Gasteiger partial charge in [0.05, 0.1) is 25.0 Å². The average molecular weight is 440 g/mol. The molecule has 0 bridgehead atoms. The van der Waals surface area contributed by atoms with E-state index < -0.39 is 5.97 Å². The van der Waals surface area contributed by atoms with Crippen LogP contribution in [-0.2, 0) is 27.1 Å². The van der Waals surface area contributed by atoms with Gasteiger partial charge in [-0.1, -0.05) is 30.3 Å². The van der Waals surface area contributed by atoms with E-state index in [0.29, 0.717) is 31.9 Å². The summed E-state index contributed by atoms with van der Waals surface area (Å²) in [6.45, 7) is 4.76. The van der Waals surface area contributed by atoms with E-state index in [9.17, 15) is 4.79 Å². The molecule has 1 atom stereocenters. The summed E-state index contributed by atoms with van der Waals surface area (Å²) in [5.41, 5.74) is 2.91. The summed E-state index contributed by atoms with van der Waals surface area (Å²) in [7, 11) is 0. The topological polar surface area (TPSA) is 91.0 Å². The lowest BCUT2D eigenvalue weighted by Gasteiger charge is -2.17. The van der Waals surface area contributed by atoms with Crippen molar-refractivity contribution < 1.29 is 28.5 Å². The van der Waals surface area contributed by atoms with Gasteiger partial charge in [0, 0.05) is 25.0 Å². The molecule has 0 unspecified atom stereocenters. The molecule has 7 heteroatoms. The summed E-state index contributed by atoms with van der Waals surface area (Å²) in [6, 6.07) is 17.6. The molecule has 170 valence electrons. The molecule has 0 amide bonds. The zero-order valence-corrected chi connectivity index (χ0v) is 18.5. The number of aromatic nitrogens is 1. The van der Waals surface area contributed by atoms with Gasteiger partial charge in [0.1, 0.15) is 18.1 Å². The van der Waals surface area contributed by atoms with Crippen LogP contribution in [0, 0.1) is 6.92 Å². The van der Waals surface area contributed by atoms with Gasteiger partial charge in [-0.05, 0) is 43.7 Å². The van der Waals surface area contributed by atoms with Gasteiger partial charge < -0.3 is 23.7 Å². The molecule has 32 heavy (non-hydrogen) atoms. The Balaban J connectivity index is 1.48. The minimum Gasteiger partial charge on any atom is -0.493 e. The fraction of sp³-hybridized carbons (Fsp3) is 0.360. The monoisotopic (exact) mass is 439 g/mol. The number of benzene rings is 2. The van der Waals surface area contributed by atoms with Gasteiger partial charge in [0.15, 0.2) is 0 Å². The Hall–Kier alpha value is -3.16. The van der Waals surface area contributed by atoms with Crippen LogP contribution in [0.15, 0.2) is 59.0 Å². The van der Waals surface area contributed by atoms with E-state index in [-0.39, 0.29) is 19.3 Å². The van der Waals surface area contributed by atoms with Gasteiger partial charge in [-0.25, -0.2) is 9.78 Å². The molecule has 0 spiro atoms. The van der Waals surface area contributed by atoms with E-state index >= 15 is 0 Å². The molecule has 3 rings (SSSR count). The van der Waals surface area contributed by atoms with Gasteiger partial charge in [0.25, 0.3) is 0 Å². The molecule has 0 saturated carbocycles. The van der Waals surface area contributed by atoms with Crippen molar-refractivity contribution in [2.75, 3.05) is 26.4 Å². The van der Waals surface area contributed by atoms with Crippen molar-refractivity contribution in [3.63, 3.8) is 0 Å². The van der Waals surface area contributed by atoms with Gasteiger partial charge in [-0.3, -0.25) is 0 Å². The van der Waals surface area contributed by atoms with Crippen LogP contribution in [0.1, 0.15) is 23.9 Å². The van der Waals surface area contributed by atoms with Crippen molar-refractivity contribution >= 4 is 5.97 Å². The highest BCUT2D eigenvalue weighted by atomic mass is 16.5. The third kappa shape index (κ3) is 7.21. The Morgan fingerprint density at radius 3 is 2.56 bits per heavy atom. The molecule has 0 radical (unpaired) electrons. The van der Waals surface area contributed by atoms with Crippen molar-refractivity contribution in [1.82, 2.24) is 4.98 Å². The SMILES string of the molecule is CCO[C@H](COCC(=O)O)Cc1ccc(OCCc2nc(-c3ccccc3)oc2C)cc1. The van der Waals surface area contributed by atoms with Crippen LogP contribution in [0.3, 0.4) is 0 Å². The van der Waals surface area contributed by atoms with Gasteiger partial charge >= 0.3 is 5.97 Å². The Kier molecular flexibility index (Phi) is 8.83. The highest BCUT2D eigenvalue weighted by molar-refractivity contribution is 5.68. The van der Waals surface area contributed by atoms with E-state index in [2.05, 4.69) is 4.98 Å². The predicted molar refractivity (Wildman–Crippen MR) is 120 cm³/mol. The van der Waals surface area contributed by atoms with E-state index in [4.69, 9.17) is 23.7 Å². The average Bonchev–Trinajstić information content (AvgIpc) is 3.16. The van der Waals surface area contributed by atoms with Crippen LogP contribution in [0.25, 0.3) is 11.5 Å². The Morgan fingerprint density at radius 1 is 1.12 bits per heavy atom. The molecular weight excluding hydrogens is 410 g/mol. The summed E-state index contributed by atoms with van der Waals surface area (Å²) in [6.07, 6.45) is 1.09. The highest BCUT2D eigenvalue weighted by Gasteiger charge is 2.13. The Morgan fingerprint density at radius 2 is 1.88 bits per heavy atom. The summed E-state index contributed by atoms with van der Waals surface area (Å²) in [4.78, 5) is 15.2. The molecule has 0 aliphatic rings. The predicted octanol–water partition coefficient (Wildman–Crippen LogP) is 4.32. The zero-order chi connectivity index (χ0) is 22.8. The lowest BCUT2D eigenvalue weighted by atomic mass is 10.1. The number of hydrogen-bond donors (Lipinski definition) is 1. The number of nitrogens with zero attached hydrogens (tertiary/aromatic N) is 1. The van der Waals surface area contributed by atoms with Gasteiger partial charge in [-0.15, -0.1) is 0 Å². The molecule has 0 aliphatic heterocycles. The maximum Gasteiger partial charge on any atom is 0.329 e. The number of aryl methyl sites for hydroxylation is 1. The van der Waals surface area contributed by atoms with Crippen molar-refractivity contribution in [3.8, 4) is 17.2 Å². The summed E-state index contributed by atoms with van der Waals surface area (Å²) in [5, 5.41) is 8.70. The van der Waals surface area contributed by atoms with Crippen molar-refractivity contribution in [3.05, 3.63) is 71.6 Å². The molecule has 1 heterocycles. The molecule has 7 nitrogen and oxygen atoms in total. The van der Waals surface area contributed by atoms with E-state index in [1.807, 2.05) is 68.4 Å². The van der Waals surface area contributed by atoms with E-state index in [1.54, 1.807) is 0 Å². The molecule has 0 saturated heterocycles. The fourth-order valence-corrected chi connectivity index (χ4v) is 3.29. The van der Waals surface area contributed by atoms with Crippen LogP contribution in [-0.4, -0.2) is 48.6 Å². The maximum atomic E-state index is 10.6. The number of oxazole rings is 1. The largest absolute Gasteiger partial charge is 0.493 e. The molecule has 0 fully saturated rings. The molecule has 1 N–H and O–H groups in total. The number of hydrogen-bond acceptors (Lipinski definition) is 6. The second kappa shape index (κ2) is 12.0. The first-order valence-corrected chi connectivity index (χ1v) is 10.7. The minimum absolute atomic E-state index is 0.194. The summed E-state index contributed by atoms with van der Waals surface area (Å²) < 4.78 is 22.5. The number of carbonyl (C=O) groups is 1. The second-order valence-corrected chi connectivity index (χ2v) is 7.32. The molecular formula is C25H29NO6. The van der Waals surface area contributed by atoms with Crippen molar-refractivity contribution in [2.24, 2.45) is 0 Å². The molecule has 1 aromatic heterocycles. The molecule has 0 aliphatic carbocycles. The van der Waals surface area contributed by atoms with E-state index in [0.717, 1.165) is 28.3 Å². The van der Waals surface area contributed by atoms with Crippen molar-refractivity contribution in [1.29, 1.82) is 0 Å². The van der Waals surface area contributed by atoms with E-state index in [1.165, 1.54) is 0 Å². The maximum absolute atomic E-state index is 10.6. The zero-order valence-electron chi connectivity index (χ0n) is 18.5. The fourth-order valence-electron chi connectivity index (χ4n) is 3.29. The third-order valence-electron chi connectivity index (χ3n) is 4.84. The van der Waals surface area contributed by atoms with Crippen molar-refractivity contribution in [2.45, 2.75) is 32.8 Å². The number of ether oxygens (including phenoxy) is 3. The van der Waals surface area contributed by atoms with Gasteiger partial charge in [0.2, 0.25) is 5.89 Å². The highest BCUT2D eigenvalue weighted by Crippen LogP contribution is 2.22. The minimum atomic E-state index is -0.987. The van der Waals surface area contributed by atoms with Crippen LogP contribution in [0.4, 0.5) is 0 Å². The van der Waals surface area contributed by atoms with Gasteiger partial charge in [-0.2, -0.15) is 0 Å². The smallest absolute Gasteiger partial charge is 0.329 e. The first-order chi connectivity index (χ1) is 15.5. The lowest BCUT2D eigenvalue weighted by molar-refractivity contribution is -0.143. The van der Waals surface area contributed by atoms with Crippen LogP contribution >= 0.6 is 0 Å². The number of carboxylic acid groups (broad SMARTS) is 1. The first kappa shape index (κ1) is 23.5. The van der Waals surface area contributed by atoms with Crippen LogP contribution in [0.5, 0.6) is 5.75 Å². The summed E-state index contributed by atoms with van der Waals surface area (Å²) >= 11 is 0. The second-order valence-electron chi connectivity index (χ2n) is 7.32. The number of rotatable bonds is 13. The van der Waals surface area contributed by atoms with Crippen LogP contribution in [0.2, 0.25) is 0 Å². The third-order valence-corrected chi connectivity index (χ3v) is 4.84. The first-order valence-electron chi connectivity index (χ1n) is 10.7. The standard InChI is InChI=1S/C25H29NO6/c1-3-30-22(16-29-17-24(27)28)15-19-9-11-21(12-10-19)31-14-13-23-18(2)32-25(26-23)20-7-5-4-6-8-20/h4-12,22H,3,13-17H2,1-2H3,(H,27,28)/t22-/m0/s1. The quantitative estimate of drug-likeness (QED) is 0.424. The Bertz CT molecular complexity index is 968. The Labute approximate surface area is 188 Å². The molecule has 3 aromatic rings. The number of aliphatic carboxylic acids is 1. The molecule has 2 aromatic carbocycles. The lowest BCUT2D eigenvalue weighted by Crippen LogP contribution is -2.24. The normalized spacial score (nSPS) is 11.9. The summed E-state index contributed by atoms with van der Waals surface area (Å²) in [5.74, 6) is 1.21. The number of carboxylic acids is 1. The van der Waals surface area contributed by atoms with Crippen LogP contribution < -0.4 is 4.74 Å².